The van der Waals surface area contributed by atoms with Crippen molar-refractivity contribution in [2.24, 2.45) is 0 Å². The van der Waals surface area contributed by atoms with Crippen LogP contribution in [-0.2, 0) is 16.1 Å². The fourth-order valence-corrected chi connectivity index (χ4v) is 2.02. The molecule has 0 aliphatic carbocycles. The van der Waals surface area contributed by atoms with Crippen LogP contribution in [0.2, 0.25) is 0 Å². The van der Waals surface area contributed by atoms with Gasteiger partial charge in [-0.1, -0.05) is 6.07 Å². The van der Waals surface area contributed by atoms with Gasteiger partial charge in [-0.15, -0.1) is 0 Å². The van der Waals surface area contributed by atoms with Crippen molar-refractivity contribution in [3.05, 3.63) is 23.9 Å². The van der Waals surface area contributed by atoms with Crippen LogP contribution in [0.4, 0.5) is 5.82 Å². The molecule has 1 fully saturated rings. The highest BCUT2D eigenvalue weighted by Crippen LogP contribution is 2.15. The molecule has 1 atom stereocenters. The van der Waals surface area contributed by atoms with E-state index in [9.17, 15) is 0 Å². The molecule has 1 aromatic heterocycles. The van der Waals surface area contributed by atoms with Gasteiger partial charge in [0.15, 0.2) is 0 Å². The number of rotatable bonds is 5. The maximum Gasteiger partial charge on any atom is 0.131 e. The van der Waals surface area contributed by atoms with E-state index in [0.717, 1.165) is 24.4 Å². The number of ether oxygens (including phenoxy) is 2. The van der Waals surface area contributed by atoms with Crippen molar-refractivity contribution in [3.8, 4) is 0 Å². The first kappa shape index (κ1) is 12.3. The van der Waals surface area contributed by atoms with Crippen LogP contribution in [0, 0.1) is 0 Å². The predicted molar refractivity (Wildman–Crippen MR) is 67.0 cm³/mol. The Kier molecular flexibility index (Phi) is 4.76. The second-order valence-electron chi connectivity index (χ2n) is 4.26. The largest absolute Gasteiger partial charge is 0.376 e. The number of hydrogen-bond donors (Lipinski definition) is 1. The van der Waals surface area contributed by atoms with Crippen LogP contribution in [0.5, 0.6) is 0 Å². The lowest BCUT2D eigenvalue weighted by Gasteiger charge is -2.22. The topological polar surface area (TPSA) is 43.4 Å². The second kappa shape index (κ2) is 6.57. The van der Waals surface area contributed by atoms with E-state index in [0.29, 0.717) is 13.2 Å². The Hall–Kier alpha value is -1.13. The summed E-state index contributed by atoms with van der Waals surface area (Å²) in [4.78, 5) is 4.24. The minimum absolute atomic E-state index is 0.276. The number of pyridine rings is 1. The molecule has 4 nitrogen and oxygen atoms in total. The molecule has 94 valence electrons. The fraction of sp³-hybridized carbons (Fsp3) is 0.615. The van der Waals surface area contributed by atoms with Crippen molar-refractivity contribution in [2.75, 3.05) is 25.6 Å². The third-order valence-corrected chi connectivity index (χ3v) is 2.96. The molecular formula is C13H20N2O2. The smallest absolute Gasteiger partial charge is 0.131 e. The third kappa shape index (κ3) is 3.68. The van der Waals surface area contributed by atoms with Crippen LogP contribution < -0.4 is 5.32 Å². The Morgan fingerprint density at radius 1 is 1.53 bits per heavy atom. The molecule has 2 heterocycles. The summed E-state index contributed by atoms with van der Waals surface area (Å²) in [6, 6.07) is 3.96. The van der Waals surface area contributed by atoms with Crippen LogP contribution in [0.25, 0.3) is 0 Å². The van der Waals surface area contributed by atoms with Crippen molar-refractivity contribution >= 4 is 5.82 Å². The fourth-order valence-electron chi connectivity index (χ4n) is 2.02. The van der Waals surface area contributed by atoms with Gasteiger partial charge >= 0.3 is 0 Å². The first-order valence-electron chi connectivity index (χ1n) is 6.21. The lowest BCUT2D eigenvalue weighted by molar-refractivity contribution is -0.0447. The molecule has 0 saturated carbocycles. The molecular weight excluding hydrogens is 216 g/mol. The average Bonchev–Trinajstić information content (AvgIpc) is 2.40. The van der Waals surface area contributed by atoms with Crippen molar-refractivity contribution in [1.29, 1.82) is 0 Å². The summed E-state index contributed by atoms with van der Waals surface area (Å²) in [5, 5.41) is 3.06. The van der Waals surface area contributed by atoms with Gasteiger partial charge in [-0.25, -0.2) is 4.98 Å². The molecule has 0 aromatic carbocycles. The summed E-state index contributed by atoms with van der Waals surface area (Å²) >= 11 is 0. The maximum absolute atomic E-state index is 5.70. The highest BCUT2D eigenvalue weighted by molar-refractivity contribution is 5.42. The standard InChI is InChI=1S/C13H20N2O2/c1-14-13-11(5-4-7-15-13)9-16-10-12-6-2-3-8-17-12/h4-5,7,12H,2-3,6,8-10H2,1H3,(H,14,15). The normalized spacial score (nSPS) is 20.2. The Bertz CT molecular complexity index is 338. The molecule has 0 bridgehead atoms. The molecule has 0 radical (unpaired) electrons. The van der Waals surface area contributed by atoms with E-state index >= 15 is 0 Å². The second-order valence-corrected chi connectivity index (χ2v) is 4.26. The van der Waals surface area contributed by atoms with E-state index in [1.807, 2.05) is 19.2 Å². The molecule has 1 unspecified atom stereocenters. The van der Waals surface area contributed by atoms with Crippen molar-refractivity contribution < 1.29 is 9.47 Å². The Morgan fingerprint density at radius 2 is 2.47 bits per heavy atom. The van der Waals surface area contributed by atoms with Crippen LogP contribution in [-0.4, -0.2) is 31.3 Å². The monoisotopic (exact) mass is 236 g/mol. The predicted octanol–water partition coefficient (Wildman–Crippen LogP) is 2.21. The average molecular weight is 236 g/mol. The summed E-state index contributed by atoms with van der Waals surface area (Å²) in [5.41, 5.74) is 1.09. The van der Waals surface area contributed by atoms with Gasteiger partial charge in [0, 0.05) is 25.4 Å². The molecule has 1 saturated heterocycles. The summed E-state index contributed by atoms with van der Waals surface area (Å²) in [6.45, 7) is 2.14. The van der Waals surface area contributed by atoms with Crippen molar-refractivity contribution in [2.45, 2.75) is 32.0 Å². The molecule has 1 aromatic rings. The van der Waals surface area contributed by atoms with E-state index < -0.39 is 0 Å². The van der Waals surface area contributed by atoms with Crippen LogP contribution in [0.3, 0.4) is 0 Å². The summed E-state index contributed by atoms with van der Waals surface area (Å²) in [6.07, 6.45) is 5.61. The first-order chi connectivity index (χ1) is 8.40. The van der Waals surface area contributed by atoms with Gasteiger partial charge in [-0.05, 0) is 25.3 Å². The zero-order valence-corrected chi connectivity index (χ0v) is 10.3. The quantitative estimate of drug-likeness (QED) is 0.851. The number of aromatic nitrogens is 1. The van der Waals surface area contributed by atoms with Crippen LogP contribution in [0.15, 0.2) is 18.3 Å². The lowest BCUT2D eigenvalue weighted by atomic mass is 10.1. The molecule has 17 heavy (non-hydrogen) atoms. The first-order valence-corrected chi connectivity index (χ1v) is 6.21. The molecule has 0 amide bonds. The third-order valence-electron chi connectivity index (χ3n) is 2.96. The number of nitrogens with zero attached hydrogens (tertiary/aromatic N) is 1. The van der Waals surface area contributed by atoms with Crippen LogP contribution in [0.1, 0.15) is 24.8 Å². The Morgan fingerprint density at radius 3 is 3.24 bits per heavy atom. The van der Waals surface area contributed by atoms with Gasteiger partial charge in [0.25, 0.3) is 0 Å². The number of anilines is 1. The molecule has 1 aliphatic rings. The van der Waals surface area contributed by atoms with E-state index in [1.54, 1.807) is 6.20 Å². The minimum atomic E-state index is 0.276. The van der Waals surface area contributed by atoms with Crippen LogP contribution >= 0.6 is 0 Å². The molecule has 2 rings (SSSR count). The Balaban J connectivity index is 1.77. The van der Waals surface area contributed by atoms with Crippen molar-refractivity contribution in [3.63, 3.8) is 0 Å². The number of hydrogen-bond acceptors (Lipinski definition) is 4. The van der Waals surface area contributed by atoms with E-state index in [-0.39, 0.29) is 6.10 Å². The van der Waals surface area contributed by atoms with E-state index in [2.05, 4.69) is 10.3 Å². The van der Waals surface area contributed by atoms with Crippen molar-refractivity contribution in [1.82, 2.24) is 4.98 Å². The summed E-state index contributed by atoms with van der Waals surface area (Å²) in [5.74, 6) is 0.886. The summed E-state index contributed by atoms with van der Waals surface area (Å²) in [7, 11) is 1.87. The van der Waals surface area contributed by atoms with E-state index in [4.69, 9.17) is 9.47 Å². The number of nitrogens with one attached hydrogen (secondary N) is 1. The Labute approximate surface area is 102 Å². The van der Waals surface area contributed by atoms with Gasteiger partial charge in [-0.2, -0.15) is 0 Å². The highest BCUT2D eigenvalue weighted by atomic mass is 16.5. The molecule has 4 heteroatoms. The SMILES string of the molecule is CNc1ncccc1COCC1CCCCO1. The minimum Gasteiger partial charge on any atom is -0.376 e. The van der Waals surface area contributed by atoms with Gasteiger partial charge in [-0.3, -0.25) is 0 Å². The summed E-state index contributed by atoms with van der Waals surface area (Å²) < 4.78 is 11.3. The van der Waals surface area contributed by atoms with Gasteiger partial charge < -0.3 is 14.8 Å². The zero-order valence-electron chi connectivity index (χ0n) is 10.3. The molecule has 1 aliphatic heterocycles. The molecule has 0 spiro atoms. The van der Waals surface area contributed by atoms with Gasteiger partial charge in [0.2, 0.25) is 0 Å². The highest BCUT2D eigenvalue weighted by Gasteiger charge is 2.13. The van der Waals surface area contributed by atoms with E-state index in [1.165, 1.54) is 12.8 Å². The van der Waals surface area contributed by atoms with Gasteiger partial charge in [0.1, 0.15) is 5.82 Å². The molecule has 1 N–H and O–H groups in total. The maximum atomic E-state index is 5.70. The zero-order chi connectivity index (χ0) is 11.9. The van der Waals surface area contributed by atoms with Gasteiger partial charge in [0.05, 0.1) is 19.3 Å². The lowest BCUT2D eigenvalue weighted by Crippen LogP contribution is -2.24.